The number of carboxylic acids is 1. The topological polar surface area (TPSA) is 109 Å². The number of anilines is 1. The van der Waals surface area contributed by atoms with Crippen LogP contribution in [0.3, 0.4) is 0 Å². The number of nitrogens with one attached hydrogen (secondary N) is 1. The third-order valence-corrected chi connectivity index (χ3v) is 5.13. The maximum atomic E-state index is 13.0. The fraction of sp³-hybridized carbons (Fsp3) is 0. The van der Waals surface area contributed by atoms with Crippen molar-refractivity contribution in [1.82, 2.24) is 9.88 Å². The number of rotatable bonds is 4. The van der Waals surface area contributed by atoms with Gasteiger partial charge in [-0.1, -0.05) is 22.0 Å². The number of imide groups is 2. The number of benzene rings is 2. The van der Waals surface area contributed by atoms with E-state index >= 15 is 0 Å². The van der Waals surface area contributed by atoms with Gasteiger partial charge in [-0.05, 0) is 60.7 Å². The first-order valence-electron chi connectivity index (χ1n) is 9.03. The van der Waals surface area contributed by atoms with Gasteiger partial charge in [-0.3, -0.25) is 14.9 Å². The van der Waals surface area contributed by atoms with Crippen LogP contribution in [0.1, 0.15) is 16.1 Å². The maximum Gasteiger partial charge on any atom is 0.335 e. The average Bonchev–Trinajstić information content (AvgIpc) is 3.19. The molecule has 1 fully saturated rings. The molecule has 8 nitrogen and oxygen atoms in total. The summed E-state index contributed by atoms with van der Waals surface area (Å²) < 4.78 is 2.37. The minimum absolute atomic E-state index is 0.140. The van der Waals surface area contributed by atoms with Crippen LogP contribution in [0.25, 0.3) is 11.8 Å². The number of carboxylic acid groups (broad SMARTS) is 1. The van der Waals surface area contributed by atoms with Gasteiger partial charge in [0.1, 0.15) is 5.57 Å². The molecule has 0 saturated carbocycles. The quantitative estimate of drug-likeness (QED) is 0.438. The SMILES string of the molecule is O=C1NC(=O)N(c2cccc(Br)c2)C(=O)/C1=C/c1cccn1-c1ccc(C(=O)O)cc1. The average molecular weight is 480 g/mol. The third-order valence-electron chi connectivity index (χ3n) is 4.63. The number of aromatic nitrogens is 1. The number of aromatic carboxylic acids is 1. The molecule has 4 amide bonds. The van der Waals surface area contributed by atoms with E-state index < -0.39 is 23.8 Å². The van der Waals surface area contributed by atoms with Crippen LogP contribution in [0.15, 0.2) is 76.9 Å². The highest BCUT2D eigenvalue weighted by Crippen LogP contribution is 2.25. The second-order valence-electron chi connectivity index (χ2n) is 6.59. The number of carbonyl (C=O) groups excluding carboxylic acids is 3. The lowest BCUT2D eigenvalue weighted by Crippen LogP contribution is -2.54. The Kier molecular flexibility index (Phi) is 5.26. The summed E-state index contributed by atoms with van der Waals surface area (Å²) in [5, 5.41) is 11.2. The molecule has 0 aliphatic carbocycles. The molecule has 154 valence electrons. The zero-order valence-electron chi connectivity index (χ0n) is 15.8. The molecule has 0 radical (unpaired) electrons. The normalized spacial score (nSPS) is 15.3. The summed E-state index contributed by atoms with van der Waals surface area (Å²) in [7, 11) is 0. The van der Waals surface area contributed by atoms with E-state index in [1.807, 2.05) is 0 Å². The number of carbonyl (C=O) groups is 4. The largest absolute Gasteiger partial charge is 0.478 e. The van der Waals surface area contributed by atoms with Gasteiger partial charge in [-0.2, -0.15) is 0 Å². The van der Waals surface area contributed by atoms with E-state index in [-0.39, 0.29) is 11.1 Å². The van der Waals surface area contributed by atoms with Crippen molar-refractivity contribution in [3.63, 3.8) is 0 Å². The molecule has 1 aliphatic rings. The van der Waals surface area contributed by atoms with Crippen molar-refractivity contribution in [3.8, 4) is 5.69 Å². The first-order valence-corrected chi connectivity index (χ1v) is 9.82. The van der Waals surface area contributed by atoms with Gasteiger partial charge in [0, 0.05) is 22.1 Å². The van der Waals surface area contributed by atoms with Crippen LogP contribution in [0, 0.1) is 0 Å². The highest BCUT2D eigenvalue weighted by molar-refractivity contribution is 9.10. The highest BCUT2D eigenvalue weighted by atomic mass is 79.9. The van der Waals surface area contributed by atoms with Gasteiger partial charge < -0.3 is 9.67 Å². The molecule has 2 heterocycles. The van der Waals surface area contributed by atoms with Crippen LogP contribution >= 0.6 is 15.9 Å². The minimum atomic E-state index is -1.04. The Bertz CT molecular complexity index is 1260. The third kappa shape index (κ3) is 3.90. The van der Waals surface area contributed by atoms with E-state index in [0.29, 0.717) is 21.5 Å². The van der Waals surface area contributed by atoms with Crippen LogP contribution in [-0.4, -0.2) is 33.5 Å². The monoisotopic (exact) mass is 479 g/mol. The minimum Gasteiger partial charge on any atom is -0.478 e. The lowest BCUT2D eigenvalue weighted by atomic mass is 10.1. The van der Waals surface area contributed by atoms with Crippen molar-refractivity contribution in [3.05, 3.63) is 88.2 Å². The van der Waals surface area contributed by atoms with Crippen LogP contribution < -0.4 is 10.2 Å². The number of amides is 4. The Labute approximate surface area is 184 Å². The molecule has 4 rings (SSSR count). The molecule has 1 aliphatic heterocycles. The summed E-state index contributed by atoms with van der Waals surface area (Å²) in [5.74, 6) is -2.58. The van der Waals surface area contributed by atoms with E-state index in [4.69, 9.17) is 5.11 Å². The summed E-state index contributed by atoms with van der Waals surface area (Å²) in [6.07, 6.45) is 3.10. The molecule has 0 bridgehead atoms. The molecule has 0 unspecified atom stereocenters. The van der Waals surface area contributed by atoms with E-state index in [9.17, 15) is 19.2 Å². The predicted octanol–water partition coefficient (Wildman–Crippen LogP) is 3.60. The molecular weight excluding hydrogens is 466 g/mol. The molecule has 0 atom stereocenters. The zero-order chi connectivity index (χ0) is 22.1. The van der Waals surface area contributed by atoms with E-state index in [1.54, 1.807) is 59.3 Å². The van der Waals surface area contributed by atoms with E-state index in [1.165, 1.54) is 18.2 Å². The van der Waals surface area contributed by atoms with Gasteiger partial charge in [-0.15, -0.1) is 0 Å². The number of nitrogens with zero attached hydrogens (tertiary/aromatic N) is 2. The summed E-state index contributed by atoms with van der Waals surface area (Å²) in [5.41, 5.74) is 1.40. The van der Waals surface area contributed by atoms with Gasteiger partial charge in [-0.25, -0.2) is 14.5 Å². The smallest absolute Gasteiger partial charge is 0.335 e. The molecule has 3 aromatic rings. The van der Waals surface area contributed by atoms with Crippen molar-refractivity contribution >= 4 is 51.5 Å². The van der Waals surface area contributed by atoms with Crippen molar-refractivity contribution in [2.75, 3.05) is 4.90 Å². The molecule has 2 N–H and O–H groups in total. The second kappa shape index (κ2) is 8.04. The van der Waals surface area contributed by atoms with Gasteiger partial charge in [0.25, 0.3) is 11.8 Å². The lowest BCUT2D eigenvalue weighted by molar-refractivity contribution is -0.122. The number of hydrogen-bond acceptors (Lipinski definition) is 4. The Hall–Kier alpha value is -3.98. The van der Waals surface area contributed by atoms with Crippen molar-refractivity contribution in [1.29, 1.82) is 0 Å². The van der Waals surface area contributed by atoms with Crippen LogP contribution in [0.5, 0.6) is 0 Å². The van der Waals surface area contributed by atoms with Gasteiger partial charge in [0.15, 0.2) is 0 Å². The molecule has 2 aromatic carbocycles. The van der Waals surface area contributed by atoms with Crippen LogP contribution in [0.2, 0.25) is 0 Å². The number of halogens is 1. The predicted molar refractivity (Wildman–Crippen MR) is 116 cm³/mol. The van der Waals surface area contributed by atoms with Gasteiger partial charge in [0.2, 0.25) is 0 Å². The Morgan fingerprint density at radius 1 is 0.968 bits per heavy atom. The molecule has 9 heteroatoms. The second-order valence-corrected chi connectivity index (χ2v) is 7.51. The van der Waals surface area contributed by atoms with Gasteiger partial charge in [0.05, 0.1) is 11.3 Å². The maximum absolute atomic E-state index is 13.0. The first-order chi connectivity index (χ1) is 14.8. The zero-order valence-corrected chi connectivity index (χ0v) is 17.4. The van der Waals surface area contributed by atoms with Crippen LogP contribution in [-0.2, 0) is 9.59 Å². The van der Waals surface area contributed by atoms with Gasteiger partial charge >= 0.3 is 12.0 Å². The van der Waals surface area contributed by atoms with Crippen molar-refractivity contribution in [2.24, 2.45) is 0 Å². The van der Waals surface area contributed by atoms with E-state index in [0.717, 1.165) is 4.90 Å². The molecular formula is C22H14BrN3O5. The number of hydrogen-bond donors (Lipinski definition) is 2. The Balaban J connectivity index is 1.72. The first kappa shape index (κ1) is 20.3. The summed E-state index contributed by atoms with van der Waals surface area (Å²) >= 11 is 3.30. The molecule has 0 spiro atoms. The number of urea groups is 1. The Morgan fingerprint density at radius 3 is 2.39 bits per heavy atom. The Morgan fingerprint density at radius 2 is 1.71 bits per heavy atom. The summed E-state index contributed by atoms with van der Waals surface area (Å²) in [6, 6.07) is 15.3. The number of barbiturate groups is 1. The summed E-state index contributed by atoms with van der Waals surface area (Å²) in [6.45, 7) is 0. The van der Waals surface area contributed by atoms with Crippen LogP contribution in [0.4, 0.5) is 10.5 Å². The lowest BCUT2D eigenvalue weighted by Gasteiger charge is -2.26. The highest BCUT2D eigenvalue weighted by Gasteiger charge is 2.37. The standard InChI is InChI=1S/C22H14BrN3O5/c23-14-3-1-4-17(11-14)26-20(28)18(19(27)24-22(26)31)12-16-5-2-10-25(16)15-8-6-13(7-9-15)21(29)30/h1-12H,(H,29,30)(H,24,27,31)/b18-12+. The molecule has 1 saturated heterocycles. The molecule has 31 heavy (non-hydrogen) atoms. The fourth-order valence-corrected chi connectivity index (χ4v) is 3.55. The fourth-order valence-electron chi connectivity index (χ4n) is 3.17. The molecule has 1 aromatic heterocycles. The van der Waals surface area contributed by atoms with Crippen molar-refractivity contribution in [2.45, 2.75) is 0 Å². The van der Waals surface area contributed by atoms with E-state index in [2.05, 4.69) is 21.2 Å². The summed E-state index contributed by atoms with van der Waals surface area (Å²) in [4.78, 5) is 49.7. The van der Waals surface area contributed by atoms with Crippen molar-refractivity contribution < 1.29 is 24.3 Å².